The van der Waals surface area contributed by atoms with Crippen LogP contribution >= 0.6 is 11.8 Å². The van der Waals surface area contributed by atoms with Gasteiger partial charge >= 0.3 is 0 Å². The summed E-state index contributed by atoms with van der Waals surface area (Å²) in [5.74, 6) is -0.814. The number of nitrogens with one attached hydrogen (secondary N) is 1. The molecular weight excluding hydrogens is 353 g/mol. The lowest BCUT2D eigenvalue weighted by molar-refractivity contribution is -0.113. The first-order valence-corrected chi connectivity index (χ1v) is 9.25. The Bertz CT molecular complexity index is 1000. The van der Waals surface area contributed by atoms with E-state index in [9.17, 15) is 14.0 Å². The molecule has 0 aliphatic rings. The smallest absolute Gasteiger partial charge is 0.262 e. The molecule has 0 unspecified atom stereocenters. The monoisotopic (exact) mass is 371 g/mol. The molecule has 1 N–H and O–H groups in total. The SMILES string of the molecule is CCCn1c(SCC(=O)Nc2ccccc2F)nc2ccccc2c1=O. The Balaban J connectivity index is 1.81. The fourth-order valence-corrected chi connectivity index (χ4v) is 3.38. The van der Waals surface area contributed by atoms with Crippen molar-refractivity contribution in [2.24, 2.45) is 0 Å². The second-order valence-electron chi connectivity index (χ2n) is 5.69. The van der Waals surface area contributed by atoms with Gasteiger partial charge in [0.05, 0.1) is 22.3 Å². The summed E-state index contributed by atoms with van der Waals surface area (Å²) in [4.78, 5) is 29.3. The third-order valence-corrected chi connectivity index (χ3v) is 4.73. The molecule has 0 spiro atoms. The predicted octanol–water partition coefficient (Wildman–Crippen LogP) is 3.68. The molecule has 2 aromatic carbocycles. The van der Waals surface area contributed by atoms with Crippen molar-refractivity contribution in [1.29, 1.82) is 0 Å². The summed E-state index contributed by atoms with van der Waals surface area (Å²) in [7, 11) is 0. The van der Waals surface area contributed by atoms with Crippen LogP contribution in [-0.4, -0.2) is 21.2 Å². The number of anilines is 1. The number of para-hydroxylation sites is 2. The van der Waals surface area contributed by atoms with E-state index in [0.717, 1.165) is 6.42 Å². The van der Waals surface area contributed by atoms with Gasteiger partial charge in [-0.2, -0.15) is 0 Å². The number of aromatic nitrogens is 2. The number of amides is 1. The molecule has 3 rings (SSSR count). The molecular formula is C19H18FN3O2S. The van der Waals surface area contributed by atoms with Gasteiger partial charge in [-0.05, 0) is 30.7 Å². The third kappa shape index (κ3) is 3.94. The Kier molecular flexibility index (Phi) is 5.68. The predicted molar refractivity (Wildman–Crippen MR) is 102 cm³/mol. The van der Waals surface area contributed by atoms with Crippen molar-refractivity contribution >= 4 is 34.3 Å². The summed E-state index contributed by atoms with van der Waals surface area (Å²) in [5.41, 5.74) is 0.617. The summed E-state index contributed by atoms with van der Waals surface area (Å²) >= 11 is 1.17. The number of nitrogens with zero attached hydrogens (tertiary/aromatic N) is 2. The van der Waals surface area contributed by atoms with E-state index in [0.29, 0.717) is 22.6 Å². The van der Waals surface area contributed by atoms with E-state index in [1.165, 1.54) is 23.9 Å². The first-order valence-electron chi connectivity index (χ1n) is 8.27. The molecule has 5 nitrogen and oxygen atoms in total. The van der Waals surface area contributed by atoms with Gasteiger partial charge in [0.1, 0.15) is 5.82 Å². The molecule has 1 heterocycles. The van der Waals surface area contributed by atoms with Crippen LogP contribution in [0.1, 0.15) is 13.3 Å². The second-order valence-corrected chi connectivity index (χ2v) is 6.63. The molecule has 1 aromatic heterocycles. The van der Waals surface area contributed by atoms with Gasteiger partial charge in [0.25, 0.3) is 5.56 Å². The Morgan fingerprint density at radius 1 is 1.19 bits per heavy atom. The van der Waals surface area contributed by atoms with Crippen LogP contribution in [0.5, 0.6) is 0 Å². The zero-order chi connectivity index (χ0) is 18.5. The largest absolute Gasteiger partial charge is 0.323 e. The Hall–Kier alpha value is -2.67. The summed E-state index contributed by atoms with van der Waals surface area (Å²) < 4.78 is 15.2. The highest BCUT2D eigenvalue weighted by Gasteiger charge is 2.13. The van der Waals surface area contributed by atoms with Crippen LogP contribution in [0.3, 0.4) is 0 Å². The van der Waals surface area contributed by atoms with E-state index in [-0.39, 0.29) is 22.9 Å². The van der Waals surface area contributed by atoms with E-state index in [4.69, 9.17) is 0 Å². The first-order chi connectivity index (χ1) is 12.6. The van der Waals surface area contributed by atoms with E-state index < -0.39 is 5.82 Å². The molecule has 0 atom stereocenters. The minimum atomic E-state index is -0.488. The number of rotatable bonds is 6. The van der Waals surface area contributed by atoms with Crippen molar-refractivity contribution in [3.05, 3.63) is 64.7 Å². The third-order valence-electron chi connectivity index (χ3n) is 3.75. The Morgan fingerprint density at radius 3 is 2.69 bits per heavy atom. The van der Waals surface area contributed by atoms with Gasteiger partial charge in [0, 0.05) is 6.54 Å². The van der Waals surface area contributed by atoms with Crippen LogP contribution in [0.2, 0.25) is 0 Å². The highest BCUT2D eigenvalue weighted by Crippen LogP contribution is 2.19. The van der Waals surface area contributed by atoms with Gasteiger partial charge in [0.15, 0.2) is 5.16 Å². The number of halogens is 1. The van der Waals surface area contributed by atoms with Crippen LogP contribution in [-0.2, 0) is 11.3 Å². The molecule has 0 saturated carbocycles. The molecule has 0 saturated heterocycles. The topological polar surface area (TPSA) is 64.0 Å². The van der Waals surface area contributed by atoms with Crippen molar-refractivity contribution in [3.8, 4) is 0 Å². The summed E-state index contributed by atoms with van der Waals surface area (Å²) in [6, 6.07) is 13.1. The summed E-state index contributed by atoms with van der Waals surface area (Å²) in [5, 5.41) is 3.58. The number of carbonyl (C=O) groups excluding carboxylic acids is 1. The Labute approximate surface area is 154 Å². The molecule has 0 bridgehead atoms. The van der Waals surface area contributed by atoms with Crippen LogP contribution in [0, 0.1) is 5.82 Å². The minimum Gasteiger partial charge on any atom is -0.323 e. The zero-order valence-corrected chi connectivity index (χ0v) is 15.1. The summed E-state index contributed by atoms with van der Waals surface area (Å²) in [6.45, 7) is 2.49. The molecule has 3 aromatic rings. The fourth-order valence-electron chi connectivity index (χ4n) is 2.56. The van der Waals surface area contributed by atoms with Gasteiger partial charge in [-0.15, -0.1) is 0 Å². The van der Waals surface area contributed by atoms with Crippen LogP contribution in [0.4, 0.5) is 10.1 Å². The maximum atomic E-state index is 13.6. The normalized spacial score (nSPS) is 10.8. The molecule has 7 heteroatoms. The van der Waals surface area contributed by atoms with E-state index in [1.807, 2.05) is 13.0 Å². The number of fused-ring (bicyclic) bond motifs is 1. The molecule has 1 amide bonds. The van der Waals surface area contributed by atoms with Crippen molar-refractivity contribution in [2.75, 3.05) is 11.1 Å². The maximum Gasteiger partial charge on any atom is 0.262 e. The average molecular weight is 371 g/mol. The minimum absolute atomic E-state index is 0.0306. The van der Waals surface area contributed by atoms with Crippen molar-refractivity contribution < 1.29 is 9.18 Å². The van der Waals surface area contributed by atoms with Crippen molar-refractivity contribution in [3.63, 3.8) is 0 Å². The van der Waals surface area contributed by atoms with Crippen LogP contribution in [0.15, 0.2) is 58.5 Å². The van der Waals surface area contributed by atoms with Gasteiger partial charge in [-0.25, -0.2) is 9.37 Å². The molecule has 134 valence electrons. The number of benzene rings is 2. The van der Waals surface area contributed by atoms with Crippen molar-refractivity contribution in [2.45, 2.75) is 25.0 Å². The second kappa shape index (κ2) is 8.14. The van der Waals surface area contributed by atoms with Crippen LogP contribution < -0.4 is 10.9 Å². The lowest BCUT2D eigenvalue weighted by atomic mass is 10.2. The number of thioether (sulfide) groups is 1. The van der Waals surface area contributed by atoms with Gasteiger partial charge in [-0.3, -0.25) is 14.2 Å². The lowest BCUT2D eigenvalue weighted by Gasteiger charge is -2.12. The number of carbonyl (C=O) groups is 1. The van der Waals surface area contributed by atoms with Gasteiger partial charge in [0.2, 0.25) is 5.91 Å². The molecule has 0 aliphatic carbocycles. The number of hydrogen-bond donors (Lipinski definition) is 1. The fraction of sp³-hybridized carbons (Fsp3) is 0.211. The summed E-state index contributed by atoms with van der Waals surface area (Å²) in [6.07, 6.45) is 0.773. The molecule has 0 radical (unpaired) electrons. The quantitative estimate of drug-likeness (QED) is 0.530. The Morgan fingerprint density at radius 2 is 1.92 bits per heavy atom. The molecule has 26 heavy (non-hydrogen) atoms. The van der Waals surface area contributed by atoms with Gasteiger partial charge < -0.3 is 5.32 Å². The van der Waals surface area contributed by atoms with Crippen molar-refractivity contribution in [1.82, 2.24) is 9.55 Å². The lowest BCUT2D eigenvalue weighted by Crippen LogP contribution is -2.24. The van der Waals surface area contributed by atoms with E-state index in [2.05, 4.69) is 10.3 Å². The zero-order valence-electron chi connectivity index (χ0n) is 14.2. The van der Waals surface area contributed by atoms with Gasteiger partial charge in [-0.1, -0.05) is 43.0 Å². The highest BCUT2D eigenvalue weighted by atomic mass is 32.2. The number of hydrogen-bond acceptors (Lipinski definition) is 4. The first kappa shape index (κ1) is 18.1. The van der Waals surface area contributed by atoms with E-state index >= 15 is 0 Å². The highest BCUT2D eigenvalue weighted by molar-refractivity contribution is 7.99. The standard InChI is InChI=1S/C19H18FN3O2S/c1-2-11-23-18(25)13-7-3-5-9-15(13)22-19(23)26-12-17(24)21-16-10-6-4-8-14(16)20/h3-10H,2,11-12H2,1H3,(H,21,24). The van der Waals surface area contributed by atoms with Crippen LogP contribution in [0.25, 0.3) is 10.9 Å². The molecule has 0 fully saturated rings. The average Bonchev–Trinajstić information content (AvgIpc) is 2.64. The maximum absolute atomic E-state index is 13.6. The molecule has 0 aliphatic heterocycles. The van der Waals surface area contributed by atoms with E-state index in [1.54, 1.807) is 34.9 Å².